The summed E-state index contributed by atoms with van der Waals surface area (Å²) in [6.45, 7) is 1.87. The van der Waals surface area contributed by atoms with Crippen molar-refractivity contribution in [3.8, 4) is 122 Å². The Bertz CT molecular complexity index is 7740. The predicted molar refractivity (Wildman–Crippen MR) is 514 cm³/mol. The van der Waals surface area contributed by atoms with Crippen LogP contribution in [0.1, 0.15) is 57.3 Å². The first-order chi connectivity index (χ1) is 64.3. The van der Waals surface area contributed by atoms with Crippen molar-refractivity contribution in [1.29, 1.82) is 0 Å². The van der Waals surface area contributed by atoms with Crippen LogP contribution >= 0.6 is 45.3 Å². The highest BCUT2D eigenvalue weighted by Crippen LogP contribution is 2.53. The first kappa shape index (κ1) is 88.5. The number of allylic oxidation sites excluding steroid dienone is 2. The molecule has 660 valence electrons. The van der Waals surface area contributed by atoms with Gasteiger partial charge in [0.05, 0.1) is 30.9 Å². The Labute approximate surface area is 769 Å². The number of halogens is 5. The molecule has 0 atom stereocenters. The topological polar surface area (TPSA) is 304 Å². The Balaban J connectivity index is 0.000000124. The van der Waals surface area contributed by atoms with Gasteiger partial charge in [0, 0.05) is 67.1 Å². The fourth-order valence-corrected chi connectivity index (χ4v) is 18.6. The van der Waals surface area contributed by atoms with Gasteiger partial charge in [-0.2, -0.15) is 18.2 Å². The minimum atomic E-state index is -4.69. The number of hydrogen-bond donors (Lipinski definition) is 7. The number of nitrogens with one attached hydrogen (secondary N) is 1. The van der Waals surface area contributed by atoms with E-state index in [1.807, 2.05) is 153 Å². The van der Waals surface area contributed by atoms with Crippen LogP contribution in [-0.2, 0) is 20.3 Å². The van der Waals surface area contributed by atoms with Crippen LogP contribution in [0.4, 0.5) is 22.0 Å². The van der Waals surface area contributed by atoms with E-state index >= 15 is 0 Å². The zero-order valence-corrected chi connectivity index (χ0v) is 73.4. The highest BCUT2D eigenvalue weighted by atomic mass is 32.1. The third kappa shape index (κ3) is 21.4. The molecule has 22 nitrogen and oxygen atoms in total. The van der Waals surface area contributed by atoms with Crippen molar-refractivity contribution in [1.82, 2.24) is 50.4 Å². The molecule has 7 N–H and O–H groups in total. The van der Waals surface area contributed by atoms with E-state index in [9.17, 15) is 57.4 Å². The largest absolute Gasteiger partial charge is 0.508 e. The zero-order chi connectivity index (χ0) is 92.4. The van der Waals surface area contributed by atoms with Crippen LogP contribution in [0.25, 0.3) is 125 Å². The lowest BCUT2D eigenvalue weighted by Crippen LogP contribution is -2.19. The van der Waals surface area contributed by atoms with Gasteiger partial charge in [0.15, 0.2) is 34.6 Å². The quantitative estimate of drug-likeness (QED) is 0.0349. The molecule has 0 aliphatic carbocycles. The van der Waals surface area contributed by atoms with Crippen molar-refractivity contribution in [2.24, 2.45) is 19.1 Å². The maximum absolute atomic E-state index is 13.7. The number of hydrogen-bond acceptors (Lipinski definition) is 23. The summed E-state index contributed by atoms with van der Waals surface area (Å²) >= 11 is 5.97. The van der Waals surface area contributed by atoms with Crippen LogP contribution in [-0.4, -0.2) is 87.2 Å². The van der Waals surface area contributed by atoms with Gasteiger partial charge in [-0.05, 0) is 302 Å². The van der Waals surface area contributed by atoms with Crippen molar-refractivity contribution < 1.29 is 71.5 Å². The second kappa shape index (κ2) is 39.2. The van der Waals surface area contributed by atoms with E-state index in [-0.39, 0.29) is 51.8 Å². The molecular formula is C102H72F5N11O11S4. The summed E-state index contributed by atoms with van der Waals surface area (Å²) in [5, 5.41) is 85.1. The maximum atomic E-state index is 13.7. The summed E-state index contributed by atoms with van der Waals surface area (Å²) in [7, 11) is 3.56. The Morgan fingerprint density at radius 3 is 1.09 bits per heavy atom. The molecule has 133 heavy (non-hydrogen) atoms. The Kier molecular flexibility index (Phi) is 26.1. The molecule has 0 bridgehead atoms. The lowest BCUT2D eigenvalue weighted by atomic mass is 10.1. The highest BCUT2D eigenvalue weighted by molar-refractivity contribution is 7.24. The monoisotopic (exact) mass is 1850 g/mol. The molecule has 20 rings (SSSR count). The number of H-pyrrole nitrogens is 1. The summed E-state index contributed by atoms with van der Waals surface area (Å²) in [5.41, 5.74) is 6.59. The van der Waals surface area contributed by atoms with Gasteiger partial charge in [-0.3, -0.25) is 4.99 Å². The molecule has 7 aromatic heterocycles. The van der Waals surface area contributed by atoms with E-state index in [1.165, 1.54) is 70.4 Å². The number of aromatic hydroxyl groups is 6. The molecule has 8 heterocycles. The first-order valence-corrected chi connectivity index (χ1v) is 44.0. The number of tetrazole rings is 2. The minimum Gasteiger partial charge on any atom is -0.508 e. The second-order valence-corrected chi connectivity index (χ2v) is 34.1. The molecule has 0 unspecified atom stereocenters. The maximum Gasteiger partial charge on any atom is 0.431 e. The molecule has 12 aromatic carbocycles. The van der Waals surface area contributed by atoms with Gasteiger partial charge in [0.2, 0.25) is 0 Å². The summed E-state index contributed by atoms with van der Waals surface area (Å²) < 4.78 is 97.8. The Morgan fingerprint density at radius 1 is 0.391 bits per heavy atom. The van der Waals surface area contributed by atoms with E-state index in [4.69, 9.17) is 18.9 Å². The summed E-state index contributed by atoms with van der Waals surface area (Å²) in [4.78, 5) is 24.5. The third-order valence-corrected chi connectivity index (χ3v) is 25.2. The molecule has 19 aromatic rings. The van der Waals surface area contributed by atoms with E-state index in [1.54, 1.807) is 173 Å². The number of ether oxygens (including phenoxy) is 4. The number of fused-ring (bicyclic) bond motifs is 4. The van der Waals surface area contributed by atoms with E-state index in [2.05, 4.69) is 47.1 Å². The number of thiophene rings is 4. The number of alkyl halides is 3. The number of benzene rings is 12. The fourth-order valence-electron chi connectivity index (χ4n) is 13.8. The molecule has 31 heteroatoms. The standard InChI is InChI=1S/C27H17F3N2O4S.C26H19NO3S.C25H19FN4O2S.C24H17FN4O2S/c28-27(29,30)23-13-17(31-26(35)32-23)6-1-15-2-10-20(11-3-15)36-24-21-12-9-19(34)14-22(21)37-25(24)16-4-7-18(33)8-5-16;28-20-9-6-18(7-10-20)26-25(23-14-11-21(29)16-24(23)31-26)30-22-12-4-17(5-13-22)3-8-19-2-1-15-27-19;1-15-13-17(26)6-10-20(15)25-24(21-11-7-18(31)14-22(21)33-25)32-19-8-3-16(4-9-19)5-12-23-27-28-29-30(23)2;1-29-22(26-27-28-29)13-4-15-2-10-19(11-3-15)31-23-20-12-9-18(30)14-21(20)32-24(23)16-5-7-17(25)8-6-16/h1-14,33-34H,(H,31,32,35);2-16,28-29H,1H2;3-14,31H,1-2H3;2-14,30H,1H3/b6-1+;8-3+;12-5+;13-4+. The SMILES string of the molecule is Cc1cc(F)ccc1-c1sc2cc(O)ccc2c1Oc1ccc(/C=C/c2nnnn2C)cc1.Cn1nnnc1/C=C/c1ccc(Oc2c(-c3ccc(F)cc3)sc3cc(O)ccc23)cc1.O=c1nc(/C=C/c2ccc(Oc3c(-c4ccc(O)cc4)sc4cc(O)ccc34)cc2)cc(C(F)(F)F)[nH]1.Oc1ccc(-c2sc3cc(O)ccc3c2Oc2ccc(/C=C/C3=CCC=N3)cc2)cc1. The van der Waals surface area contributed by atoms with Gasteiger partial charge < -0.3 is 54.6 Å². The average Bonchev–Trinajstić information content (AvgIpc) is 1.63. The highest BCUT2D eigenvalue weighted by Gasteiger charge is 2.33. The fraction of sp³-hybridized carbons (Fsp3) is 0.0490. The molecular weight excluding hydrogens is 1780 g/mol. The molecule has 0 saturated heterocycles. The van der Waals surface area contributed by atoms with Gasteiger partial charge in [0.1, 0.15) is 74.8 Å². The van der Waals surface area contributed by atoms with Crippen LogP contribution in [0, 0.1) is 18.6 Å². The number of aliphatic imine (C=N–C) groups is 1. The minimum absolute atomic E-state index is 0.122. The Hall–Kier alpha value is -16.5. The van der Waals surface area contributed by atoms with Crippen molar-refractivity contribution in [2.45, 2.75) is 19.5 Å². The van der Waals surface area contributed by atoms with Crippen molar-refractivity contribution in [3.63, 3.8) is 0 Å². The van der Waals surface area contributed by atoms with Gasteiger partial charge in [-0.15, -0.1) is 55.5 Å². The lowest BCUT2D eigenvalue weighted by Gasteiger charge is -2.10. The molecule has 1 aliphatic heterocycles. The average molecular weight is 1850 g/mol. The van der Waals surface area contributed by atoms with Crippen LogP contribution < -0.4 is 24.6 Å². The van der Waals surface area contributed by atoms with Gasteiger partial charge in [-0.25, -0.2) is 22.9 Å². The van der Waals surface area contributed by atoms with Crippen LogP contribution in [0.3, 0.4) is 0 Å². The van der Waals surface area contributed by atoms with E-state index in [0.29, 0.717) is 51.7 Å². The second-order valence-electron chi connectivity index (χ2n) is 29.9. The Morgan fingerprint density at radius 2 is 0.737 bits per heavy atom. The molecule has 0 amide bonds. The van der Waals surface area contributed by atoms with Crippen molar-refractivity contribution >= 4 is 134 Å². The van der Waals surface area contributed by atoms with E-state index in [0.717, 1.165) is 134 Å². The number of aromatic nitrogens is 10. The van der Waals surface area contributed by atoms with Crippen LogP contribution in [0.15, 0.2) is 295 Å². The number of phenols is 6. The smallest absolute Gasteiger partial charge is 0.431 e. The summed E-state index contributed by atoms with van der Waals surface area (Å²) in [6, 6.07) is 76.2. The van der Waals surface area contributed by atoms with Crippen molar-refractivity contribution in [3.05, 3.63) is 358 Å². The number of aromatic amines is 1. The summed E-state index contributed by atoms with van der Waals surface area (Å²) in [6.07, 6.45) is 14.6. The van der Waals surface area contributed by atoms with Gasteiger partial charge in [-0.1, -0.05) is 97.1 Å². The molecule has 0 fully saturated rings. The number of nitrogens with zero attached hydrogens (tertiary/aromatic N) is 10. The first-order valence-electron chi connectivity index (χ1n) is 40.7. The molecule has 1 aliphatic rings. The number of aryl methyl sites for hydroxylation is 3. The van der Waals surface area contributed by atoms with Crippen molar-refractivity contribution in [2.75, 3.05) is 0 Å². The lowest BCUT2D eigenvalue weighted by molar-refractivity contribution is -0.141. The van der Waals surface area contributed by atoms with Crippen LogP contribution in [0.2, 0.25) is 0 Å². The third-order valence-electron chi connectivity index (χ3n) is 20.5. The van der Waals surface area contributed by atoms with Gasteiger partial charge >= 0.3 is 11.9 Å². The van der Waals surface area contributed by atoms with Crippen LogP contribution in [0.5, 0.6) is 80.5 Å². The normalized spacial score (nSPS) is 12.0. The number of phenolic OH excluding ortho intramolecular Hbond substituents is 6. The van der Waals surface area contributed by atoms with E-state index < -0.39 is 17.6 Å². The molecule has 0 radical (unpaired) electrons. The van der Waals surface area contributed by atoms with Gasteiger partial charge in [0.25, 0.3) is 0 Å². The predicted octanol–water partition coefficient (Wildman–Crippen LogP) is 26.3. The molecule has 0 saturated carbocycles. The number of rotatable bonds is 20. The molecule has 0 spiro atoms. The zero-order valence-electron chi connectivity index (χ0n) is 70.1. The summed E-state index contributed by atoms with van der Waals surface area (Å²) in [5.74, 6) is 7.05.